The molecule has 1 aromatic heterocycles. The van der Waals surface area contributed by atoms with Crippen LogP contribution in [0.25, 0.3) is 10.9 Å². The molecular weight excluding hydrogens is 524 g/mol. The molecule has 6 N–H and O–H groups in total. The van der Waals surface area contributed by atoms with Crippen LogP contribution in [0.2, 0.25) is 0 Å². The van der Waals surface area contributed by atoms with Crippen LogP contribution in [0.5, 0.6) is 0 Å². The minimum absolute atomic E-state index is 0.197. The van der Waals surface area contributed by atoms with Crippen LogP contribution in [0.15, 0.2) is 35.6 Å². The summed E-state index contributed by atoms with van der Waals surface area (Å²) < 4.78 is 76.9. The summed E-state index contributed by atoms with van der Waals surface area (Å²) in [6.45, 7) is -0.712. The summed E-state index contributed by atoms with van der Waals surface area (Å²) in [5.74, 6) is 0. The van der Waals surface area contributed by atoms with Crippen molar-refractivity contribution in [3.8, 4) is 0 Å². The third kappa shape index (κ3) is 6.56. The Morgan fingerprint density at radius 2 is 1.74 bits per heavy atom. The van der Waals surface area contributed by atoms with Gasteiger partial charge in [-0.25, -0.2) is 4.28 Å². The van der Waals surface area contributed by atoms with Crippen molar-refractivity contribution >= 4 is 48.5 Å². The van der Waals surface area contributed by atoms with Crippen molar-refractivity contribution in [1.29, 1.82) is 0 Å². The molecule has 0 bridgehead atoms. The Balaban J connectivity index is 1.96. The second kappa shape index (κ2) is 10.3. The van der Waals surface area contributed by atoms with E-state index in [-0.39, 0.29) is 22.5 Å². The SMILES string of the molecule is O=S(=O)(O)ON=C(Cc1cn(OS(=O)(=O)O)c2ccccc12)SC1OC(CO)C(O)C(O)C1O. The van der Waals surface area contributed by atoms with Crippen LogP contribution in [0.1, 0.15) is 5.56 Å². The first kappa shape index (κ1) is 26.6. The number of para-hydroxylation sites is 1. The largest absolute Gasteiger partial charge is 0.466 e. The van der Waals surface area contributed by atoms with Gasteiger partial charge in [-0.3, -0.25) is 13.4 Å². The number of benzene rings is 1. The summed E-state index contributed by atoms with van der Waals surface area (Å²) in [6.07, 6.45) is -5.49. The van der Waals surface area contributed by atoms with E-state index in [2.05, 4.69) is 13.7 Å². The molecule has 5 atom stereocenters. The standard InChI is InChI=1S/C16H20N2O13S3/c19-7-11-13(20)14(21)15(22)16(29-11)32-12(17-30-33(23,24)25)5-8-6-18(31-34(26,27)28)10-4-2-1-3-9(8)10/h1-4,6,11,13-16,19-22H,5,7H2,(H,23,24,25)(H,26,27,28). The van der Waals surface area contributed by atoms with Crippen LogP contribution < -0.4 is 4.28 Å². The lowest BCUT2D eigenvalue weighted by atomic mass is 10.0. The number of ether oxygens (including phenoxy) is 1. The number of hydrogen-bond donors (Lipinski definition) is 6. The number of aliphatic hydroxyl groups is 4. The summed E-state index contributed by atoms with van der Waals surface area (Å²) in [5.41, 5.74) is -0.904. The van der Waals surface area contributed by atoms with Gasteiger partial charge in [0.25, 0.3) is 0 Å². The van der Waals surface area contributed by atoms with Crippen LogP contribution >= 0.6 is 11.8 Å². The van der Waals surface area contributed by atoms with Crippen molar-refractivity contribution in [2.45, 2.75) is 36.3 Å². The number of rotatable bonds is 8. The minimum atomic E-state index is -5.04. The Kier molecular flexibility index (Phi) is 8.07. The molecule has 0 radical (unpaired) electrons. The lowest BCUT2D eigenvalue weighted by Crippen LogP contribution is -2.57. The first-order chi connectivity index (χ1) is 15.8. The van der Waals surface area contributed by atoms with E-state index in [4.69, 9.17) is 13.8 Å². The molecule has 5 unspecified atom stereocenters. The minimum Gasteiger partial charge on any atom is -0.394 e. The molecule has 190 valence electrons. The molecule has 15 nitrogen and oxygen atoms in total. The number of thioether (sulfide) groups is 1. The highest BCUT2D eigenvalue weighted by Crippen LogP contribution is 2.31. The average molecular weight is 545 g/mol. The third-order valence-corrected chi connectivity index (χ3v) is 6.34. The summed E-state index contributed by atoms with van der Waals surface area (Å²) in [7, 11) is -9.94. The Labute approximate surface area is 197 Å². The van der Waals surface area contributed by atoms with Gasteiger partial charge in [0.2, 0.25) is 0 Å². The molecule has 3 rings (SSSR count). The Hall–Kier alpha value is -2.00. The number of oxime groups is 1. The maximum Gasteiger partial charge on any atom is 0.466 e. The fourth-order valence-electron chi connectivity index (χ4n) is 3.17. The molecule has 34 heavy (non-hydrogen) atoms. The number of hydrogen-bond acceptors (Lipinski definition) is 13. The predicted octanol–water partition coefficient (Wildman–Crippen LogP) is -1.92. The smallest absolute Gasteiger partial charge is 0.394 e. The molecule has 2 heterocycles. The number of aromatic nitrogens is 1. The fourth-order valence-corrected chi connectivity index (χ4v) is 4.81. The molecule has 1 aliphatic rings. The number of nitrogens with zero attached hydrogens (tertiary/aromatic N) is 2. The van der Waals surface area contributed by atoms with Crippen molar-refractivity contribution in [3.05, 3.63) is 36.0 Å². The van der Waals surface area contributed by atoms with Crippen LogP contribution in [-0.2, 0) is 36.2 Å². The quantitative estimate of drug-likeness (QED) is 0.0920. The lowest BCUT2D eigenvalue weighted by Gasteiger charge is -2.39. The van der Waals surface area contributed by atoms with Gasteiger partial charge in [0.05, 0.1) is 18.3 Å². The predicted molar refractivity (Wildman–Crippen MR) is 115 cm³/mol. The van der Waals surface area contributed by atoms with Crippen LogP contribution in [0.3, 0.4) is 0 Å². The Bertz CT molecular complexity index is 1260. The summed E-state index contributed by atoms with van der Waals surface area (Å²) >= 11 is 0.542. The van der Waals surface area contributed by atoms with E-state index < -0.39 is 57.3 Å². The van der Waals surface area contributed by atoms with Crippen molar-refractivity contribution in [3.63, 3.8) is 0 Å². The highest BCUT2D eigenvalue weighted by molar-refractivity contribution is 8.14. The first-order valence-corrected chi connectivity index (χ1v) is 12.9. The molecule has 0 amide bonds. The van der Waals surface area contributed by atoms with Crippen molar-refractivity contribution < 1.29 is 59.7 Å². The Morgan fingerprint density at radius 1 is 1.06 bits per heavy atom. The second-order valence-corrected chi connectivity index (χ2v) is 10.2. The molecule has 0 saturated carbocycles. The number of fused-ring (bicyclic) bond motifs is 1. The summed E-state index contributed by atoms with van der Waals surface area (Å²) in [6, 6.07) is 6.16. The van der Waals surface area contributed by atoms with Gasteiger partial charge in [0, 0.05) is 11.8 Å². The van der Waals surface area contributed by atoms with Gasteiger partial charge in [-0.2, -0.15) is 21.6 Å². The molecule has 0 spiro atoms. The molecular formula is C16H20N2O13S3. The first-order valence-electron chi connectivity index (χ1n) is 9.25. The zero-order chi connectivity index (χ0) is 25.3. The van der Waals surface area contributed by atoms with E-state index in [1.54, 1.807) is 18.2 Å². The highest BCUT2D eigenvalue weighted by atomic mass is 32.3. The fraction of sp³-hybridized carbons (Fsp3) is 0.438. The summed E-state index contributed by atoms with van der Waals surface area (Å²) in [4.78, 5) is 0. The van der Waals surface area contributed by atoms with Gasteiger partial charge in [-0.05, 0) is 11.6 Å². The van der Waals surface area contributed by atoms with Gasteiger partial charge in [-0.15, -0.1) is 0 Å². The van der Waals surface area contributed by atoms with E-state index in [1.165, 1.54) is 6.07 Å². The topological polar surface area (TPSA) is 235 Å². The normalized spacial score (nSPS) is 26.5. The molecule has 18 heteroatoms. The molecule has 1 fully saturated rings. The molecule has 1 aromatic carbocycles. The van der Waals surface area contributed by atoms with E-state index in [0.29, 0.717) is 17.1 Å². The van der Waals surface area contributed by atoms with Crippen molar-refractivity contribution in [2.24, 2.45) is 5.16 Å². The van der Waals surface area contributed by atoms with Gasteiger partial charge in [-0.1, -0.05) is 35.1 Å². The zero-order valence-corrected chi connectivity index (χ0v) is 19.3. The lowest BCUT2D eigenvalue weighted by molar-refractivity contribution is -0.205. The Morgan fingerprint density at radius 3 is 2.35 bits per heavy atom. The monoisotopic (exact) mass is 544 g/mol. The maximum atomic E-state index is 11.2. The van der Waals surface area contributed by atoms with Gasteiger partial charge >= 0.3 is 20.8 Å². The van der Waals surface area contributed by atoms with Gasteiger partial charge < -0.3 is 25.2 Å². The highest BCUT2D eigenvalue weighted by Gasteiger charge is 2.44. The van der Waals surface area contributed by atoms with E-state index in [9.17, 15) is 37.3 Å². The van der Waals surface area contributed by atoms with E-state index in [1.807, 2.05) is 0 Å². The average Bonchev–Trinajstić information content (AvgIpc) is 3.07. The second-order valence-electron chi connectivity index (χ2n) is 6.98. The molecule has 1 saturated heterocycles. The van der Waals surface area contributed by atoms with Gasteiger partial charge in [0.1, 0.15) is 34.9 Å². The van der Waals surface area contributed by atoms with Crippen LogP contribution in [0.4, 0.5) is 0 Å². The summed E-state index contributed by atoms with van der Waals surface area (Å²) in [5, 5.41) is 42.9. The van der Waals surface area contributed by atoms with E-state index in [0.717, 1.165) is 10.9 Å². The molecule has 1 aliphatic heterocycles. The third-order valence-electron chi connectivity index (χ3n) is 4.61. The number of aliphatic hydroxyl groups excluding tert-OH is 4. The molecule has 0 aliphatic carbocycles. The van der Waals surface area contributed by atoms with Crippen LogP contribution in [0, 0.1) is 0 Å². The van der Waals surface area contributed by atoms with E-state index >= 15 is 0 Å². The molecule has 2 aromatic rings. The van der Waals surface area contributed by atoms with Crippen LogP contribution in [-0.4, -0.2) is 92.6 Å². The van der Waals surface area contributed by atoms with Crippen molar-refractivity contribution in [1.82, 2.24) is 4.73 Å². The zero-order valence-electron chi connectivity index (χ0n) is 16.8. The maximum absolute atomic E-state index is 11.2. The van der Waals surface area contributed by atoms with Crippen molar-refractivity contribution in [2.75, 3.05) is 6.61 Å². The van der Waals surface area contributed by atoms with Gasteiger partial charge in [0.15, 0.2) is 0 Å².